The van der Waals surface area contributed by atoms with Crippen molar-refractivity contribution in [2.24, 2.45) is 0 Å². The molecule has 1 aromatic carbocycles. The molecule has 0 radical (unpaired) electrons. The molecule has 24 heavy (non-hydrogen) atoms. The van der Waals surface area contributed by atoms with E-state index in [0.717, 1.165) is 30.4 Å². The molecule has 2 aromatic rings. The van der Waals surface area contributed by atoms with Gasteiger partial charge in [0, 0.05) is 12.6 Å². The zero-order valence-electron chi connectivity index (χ0n) is 13.9. The van der Waals surface area contributed by atoms with Crippen LogP contribution in [0, 0.1) is 0 Å². The Hall–Kier alpha value is -2.25. The van der Waals surface area contributed by atoms with E-state index in [1.165, 1.54) is 6.33 Å². The number of benzene rings is 1. The lowest BCUT2D eigenvalue weighted by atomic mass is 10.1. The van der Waals surface area contributed by atoms with Crippen LogP contribution in [-0.4, -0.2) is 32.8 Å². The van der Waals surface area contributed by atoms with E-state index in [-0.39, 0.29) is 11.9 Å². The van der Waals surface area contributed by atoms with Crippen molar-refractivity contribution >= 4 is 5.91 Å². The zero-order valence-corrected chi connectivity index (χ0v) is 13.9. The number of hydrazine groups is 1. The van der Waals surface area contributed by atoms with Gasteiger partial charge in [-0.1, -0.05) is 37.6 Å². The minimum atomic E-state index is -0.145. The predicted molar refractivity (Wildman–Crippen MR) is 90.8 cm³/mol. The van der Waals surface area contributed by atoms with Crippen molar-refractivity contribution in [3.05, 3.63) is 48.0 Å². The summed E-state index contributed by atoms with van der Waals surface area (Å²) in [5, 5.41) is 7.09. The number of rotatable bonds is 7. The van der Waals surface area contributed by atoms with Crippen LogP contribution in [0.5, 0.6) is 0 Å². The van der Waals surface area contributed by atoms with Crippen molar-refractivity contribution < 1.29 is 4.79 Å². The van der Waals surface area contributed by atoms with Crippen LogP contribution in [0.1, 0.15) is 37.3 Å². The molecule has 1 aromatic heterocycles. The molecule has 1 amide bonds. The Bertz CT molecular complexity index is 640. The van der Waals surface area contributed by atoms with E-state index in [2.05, 4.69) is 45.3 Å². The van der Waals surface area contributed by atoms with Crippen molar-refractivity contribution in [2.45, 2.75) is 51.4 Å². The zero-order chi connectivity index (χ0) is 16.8. The van der Waals surface area contributed by atoms with Crippen LogP contribution < -0.4 is 16.2 Å². The fraction of sp³-hybridized carbons (Fsp3) is 0.471. The van der Waals surface area contributed by atoms with Crippen LogP contribution in [0.25, 0.3) is 0 Å². The smallest absolute Gasteiger partial charge is 0.238 e. The number of carbonyl (C=O) groups excluding carboxylic acids is 1. The molecule has 2 unspecified atom stereocenters. The summed E-state index contributed by atoms with van der Waals surface area (Å²) >= 11 is 0. The molecule has 1 fully saturated rings. The fourth-order valence-corrected chi connectivity index (χ4v) is 2.91. The molecule has 0 bridgehead atoms. The number of amides is 1. The maximum atomic E-state index is 12.2. The average molecular weight is 328 g/mol. The van der Waals surface area contributed by atoms with Crippen LogP contribution >= 0.6 is 0 Å². The molecule has 2 atom stereocenters. The standard InChI is InChI=1S/C17H24N6O/c1-2-3-15-8-16(22-21-15)17(24)19-9-13-4-6-14(7-5-13)10-23-12-18-11-20-23/h4-7,11-12,15-16,21-22H,2-3,8-10H2,1H3,(H,19,24). The lowest BCUT2D eigenvalue weighted by molar-refractivity contribution is -0.123. The largest absolute Gasteiger partial charge is 0.351 e. The van der Waals surface area contributed by atoms with Gasteiger partial charge >= 0.3 is 0 Å². The van der Waals surface area contributed by atoms with E-state index in [1.807, 2.05) is 12.1 Å². The molecule has 1 aliphatic heterocycles. The van der Waals surface area contributed by atoms with Gasteiger partial charge in [0.15, 0.2) is 0 Å². The third-order valence-corrected chi connectivity index (χ3v) is 4.24. The van der Waals surface area contributed by atoms with Crippen LogP contribution in [0.3, 0.4) is 0 Å². The highest BCUT2D eigenvalue weighted by Gasteiger charge is 2.28. The van der Waals surface area contributed by atoms with Gasteiger partial charge in [-0.25, -0.2) is 15.1 Å². The maximum Gasteiger partial charge on any atom is 0.238 e. The molecule has 2 heterocycles. The molecular weight excluding hydrogens is 304 g/mol. The second-order valence-electron chi connectivity index (χ2n) is 6.19. The average Bonchev–Trinajstić information content (AvgIpc) is 3.26. The van der Waals surface area contributed by atoms with E-state index in [0.29, 0.717) is 19.1 Å². The normalized spacial score (nSPS) is 20.2. The molecule has 128 valence electrons. The molecule has 0 aliphatic carbocycles. The molecule has 0 saturated carbocycles. The Morgan fingerprint density at radius 3 is 2.79 bits per heavy atom. The van der Waals surface area contributed by atoms with Crippen LogP contribution in [0.4, 0.5) is 0 Å². The summed E-state index contributed by atoms with van der Waals surface area (Å²) in [5.74, 6) is 0.0489. The molecular formula is C17H24N6O. The van der Waals surface area contributed by atoms with E-state index in [9.17, 15) is 4.79 Å². The highest BCUT2D eigenvalue weighted by atomic mass is 16.2. The van der Waals surface area contributed by atoms with Gasteiger partial charge in [-0.2, -0.15) is 5.10 Å². The highest BCUT2D eigenvalue weighted by molar-refractivity contribution is 5.82. The topological polar surface area (TPSA) is 83.9 Å². The lowest BCUT2D eigenvalue weighted by Gasteiger charge is -2.11. The van der Waals surface area contributed by atoms with Crippen molar-refractivity contribution in [1.29, 1.82) is 0 Å². The number of hydrogen-bond donors (Lipinski definition) is 3. The summed E-state index contributed by atoms with van der Waals surface area (Å²) in [6, 6.07) is 8.42. The molecule has 1 aliphatic rings. The quantitative estimate of drug-likeness (QED) is 0.705. The van der Waals surface area contributed by atoms with E-state index in [1.54, 1.807) is 11.0 Å². The first-order valence-electron chi connectivity index (χ1n) is 8.43. The highest BCUT2D eigenvalue weighted by Crippen LogP contribution is 2.11. The van der Waals surface area contributed by atoms with Crippen LogP contribution in [-0.2, 0) is 17.9 Å². The molecule has 0 spiro atoms. The molecule has 7 heteroatoms. The first-order valence-corrected chi connectivity index (χ1v) is 8.43. The lowest BCUT2D eigenvalue weighted by Crippen LogP contribution is -2.43. The van der Waals surface area contributed by atoms with Gasteiger partial charge in [0.25, 0.3) is 0 Å². The third kappa shape index (κ3) is 4.39. The van der Waals surface area contributed by atoms with Gasteiger partial charge in [0.1, 0.15) is 18.7 Å². The number of nitrogens with one attached hydrogen (secondary N) is 3. The predicted octanol–water partition coefficient (Wildman–Crippen LogP) is 0.978. The summed E-state index contributed by atoms with van der Waals surface area (Å²) in [4.78, 5) is 16.1. The van der Waals surface area contributed by atoms with E-state index < -0.39 is 0 Å². The molecule has 3 rings (SSSR count). The molecule has 3 N–H and O–H groups in total. The van der Waals surface area contributed by atoms with Crippen LogP contribution in [0.15, 0.2) is 36.9 Å². The Kier molecular flexibility index (Phi) is 5.55. The maximum absolute atomic E-state index is 12.2. The van der Waals surface area contributed by atoms with E-state index >= 15 is 0 Å². The number of carbonyl (C=O) groups is 1. The first kappa shape index (κ1) is 16.6. The molecule has 1 saturated heterocycles. The monoisotopic (exact) mass is 328 g/mol. The Morgan fingerprint density at radius 2 is 2.08 bits per heavy atom. The van der Waals surface area contributed by atoms with Gasteiger partial charge < -0.3 is 5.32 Å². The minimum absolute atomic E-state index is 0.0489. The third-order valence-electron chi connectivity index (χ3n) is 4.24. The first-order chi connectivity index (χ1) is 11.7. The van der Waals surface area contributed by atoms with Gasteiger partial charge in [-0.15, -0.1) is 0 Å². The minimum Gasteiger partial charge on any atom is -0.351 e. The second-order valence-corrected chi connectivity index (χ2v) is 6.19. The second kappa shape index (κ2) is 8.03. The SMILES string of the molecule is CCCC1CC(C(=O)NCc2ccc(Cn3cncn3)cc2)NN1. The molecule has 7 nitrogen and oxygen atoms in total. The van der Waals surface area contributed by atoms with Crippen molar-refractivity contribution in [1.82, 2.24) is 30.9 Å². The van der Waals surface area contributed by atoms with Crippen molar-refractivity contribution in [3.63, 3.8) is 0 Å². The summed E-state index contributed by atoms with van der Waals surface area (Å²) in [5.41, 5.74) is 8.51. The van der Waals surface area contributed by atoms with Gasteiger partial charge in [0.05, 0.1) is 6.54 Å². The van der Waals surface area contributed by atoms with E-state index in [4.69, 9.17) is 0 Å². The van der Waals surface area contributed by atoms with Gasteiger partial charge in [-0.05, 0) is 24.0 Å². The number of aromatic nitrogens is 3. The summed E-state index contributed by atoms with van der Waals surface area (Å²) in [7, 11) is 0. The van der Waals surface area contributed by atoms with Crippen molar-refractivity contribution in [3.8, 4) is 0 Å². The fourth-order valence-electron chi connectivity index (χ4n) is 2.91. The summed E-state index contributed by atoms with van der Waals surface area (Å²) in [6.45, 7) is 3.39. The summed E-state index contributed by atoms with van der Waals surface area (Å²) in [6.07, 6.45) is 6.28. The Balaban J connectivity index is 1.45. The summed E-state index contributed by atoms with van der Waals surface area (Å²) < 4.78 is 1.78. The van der Waals surface area contributed by atoms with Gasteiger partial charge in [-0.3, -0.25) is 10.2 Å². The van der Waals surface area contributed by atoms with Crippen molar-refractivity contribution in [2.75, 3.05) is 0 Å². The Morgan fingerprint density at radius 1 is 1.29 bits per heavy atom. The number of nitrogens with zero attached hydrogens (tertiary/aromatic N) is 3. The van der Waals surface area contributed by atoms with Gasteiger partial charge in [0.2, 0.25) is 5.91 Å². The van der Waals surface area contributed by atoms with Crippen LogP contribution in [0.2, 0.25) is 0 Å². The number of hydrogen-bond acceptors (Lipinski definition) is 5. The Labute approximate surface area is 141 Å².